The quantitative estimate of drug-likeness (QED) is 0.772. The summed E-state index contributed by atoms with van der Waals surface area (Å²) in [4.78, 5) is 13.1. The fourth-order valence-electron chi connectivity index (χ4n) is 2.50. The maximum atomic E-state index is 11.9. The van der Waals surface area contributed by atoms with E-state index < -0.39 is 0 Å². The molecule has 0 radical (unpaired) electrons. The molecule has 90 valence electrons. The number of halogens is 1. The van der Waals surface area contributed by atoms with E-state index >= 15 is 0 Å². The van der Waals surface area contributed by atoms with Crippen molar-refractivity contribution in [2.24, 2.45) is 5.92 Å². The number of ether oxygens (including phenoxy) is 1. The van der Waals surface area contributed by atoms with Crippen LogP contribution in [0.4, 0.5) is 0 Å². The second-order valence-corrected chi connectivity index (χ2v) is 6.31. The number of hydrogen-bond acceptors (Lipinski definition) is 3. The minimum absolute atomic E-state index is 0.0462. The summed E-state index contributed by atoms with van der Waals surface area (Å²) in [6.45, 7) is 1.91. The molecule has 0 amide bonds. The van der Waals surface area contributed by atoms with Gasteiger partial charge < -0.3 is 4.74 Å². The highest BCUT2D eigenvalue weighted by Crippen LogP contribution is 2.46. The number of hydrogen-bond donors (Lipinski definition) is 0. The molecule has 0 aromatic heterocycles. The summed E-state index contributed by atoms with van der Waals surface area (Å²) in [7, 11) is 0. The van der Waals surface area contributed by atoms with E-state index in [1.54, 1.807) is 11.8 Å². The Labute approximate surface area is 110 Å². The van der Waals surface area contributed by atoms with E-state index in [2.05, 4.69) is 0 Å². The molecule has 17 heavy (non-hydrogen) atoms. The van der Waals surface area contributed by atoms with Crippen LogP contribution in [-0.2, 0) is 9.53 Å². The first-order valence-corrected chi connectivity index (χ1v) is 7.05. The maximum absolute atomic E-state index is 11.9. The number of fused-ring (bicyclic) bond motifs is 2. The lowest BCUT2D eigenvalue weighted by molar-refractivity contribution is -0.123. The molecule has 2 saturated heterocycles. The molecule has 0 saturated carbocycles. The normalized spacial score (nSPS) is 39.9. The van der Waals surface area contributed by atoms with Crippen molar-refractivity contribution in [2.75, 3.05) is 0 Å². The summed E-state index contributed by atoms with van der Waals surface area (Å²) in [6, 6.07) is 10.0. The second-order valence-electron chi connectivity index (χ2n) is 4.55. The summed E-state index contributed by atoms with van der Waals surface area (Å²) in [6.07, 6.45) is -0.418. The smallest absolute Gasteiger partial charge is 0.168 e. The zero-order valence-electron chi connectivity index (χ0n) is 9.38. The Kier molecular flexibility index (Phi) is 2.93. The lowest BCUT2D eigenvalue weighted by Crippen LogP contribution is -2.41. The summed E-state index contributed by atoms with van der Waals surface area (Å²) in [5, 5.41) is -0.0225. The summed E-state index contributed by atoms with van der Waals surface area (Å²) in [5.74, 6) is 0.162. The lowest BCUT2D eigenvalue weighted by atomic mass is 9.89. The predicted molar refractivity (Wildman–Crippen MR) is 68.6 cm³/mol. The van der Waals surface area contributed by atoms with Crippen molar-refractivity contribution in [3.05, 3.63) is 30.3 Å². The minimum Gasteiger partial charge on any atom is -0.364 e. The second kappa shape index (κ2) is 4.30. The first kappa shape index (κ1) is 11.6. The van der Waals surface area contributed by atoms with Crippen LogP contribution in [0.15, 0.2) is 35.2 Å². The molecule has 0 N–H and O–H groups in total. The van der Waals surface area contributed by atoms with E-state index in [4.69, 9.17) is 16.3 Å². The topological polar surface area (TPSA) is 26.3 Å². The molecule has 2 aliphatic rings. The largest absolute Gasteiger partial charge is 0.364 e. The minimum atomic E-state index is -0.317. The molecule has 1 aromatic rings. The first-order chi connectivity index (χ1) is 8.18. The molecule has 2 aliphatic heterocycles. The van der Waals surface area contributed by atoms with Crippen LogP contribution in [0.3, 0.4) is 0 Å². The number of Topliss-reactive ketones (excluding diaryl/α,β-unsaturated/α-hetero) is 1. The zero-order chi connectivity index (χ0) is 12.0. The molecule has 0 spiro atoms. The van der Waals surface area contributed by atoms with Crippen LogP contribution in [0.2, 0.25) is 0 Å². The fourth-order valence-corrected chi connectivity index (χ4v) is 4.30. The van der Waals surface area contributed by atoms with Crippen LogP contribution >= 0.6 is 23.4 Å². The van der Waals surface area contributed by atoms with Gasteiger partial charge in [0.2, 0.25) is 0 Å². The molecule has 2 bridgehead atoms. The van der Waals surface area contributed by atoms with Gasteiger partial charge in [-0.15, -0.1) is 23.4 Å². The third kappa shape index (κ3) is 1.81. The number of thioether (sulfide) groups is 1. The van der Waals surface area contributed by atoms with Gasteiger partial charge in [-0.1, -0.05) is 25.1 Å². The molecule has 1 aromatic carbocycles. The van der Waals surface area contributed by atoms with Crippen molar-refractivity contribution in [1.82, 2.24) is 0 Å². The SMILES string of the molecule is C[C@@H]1C(=O)[C@@H]2O[C@H]1[C@H](Cl)[C@H]2Sc1ccccc1. The molecular weight excluding hydrogens is 256 g/mol. The molecule has 2 heterocycles. The van der Waals surface area contributed by atoms with Gasteiger partial charge in [0.15, 0.2) is 5.78 Å². The zero-order valence-corrected chi connectivity index (χ0v) is 10.9. The average Bonchev–Trinajstić information content (AvgIpc) is 2.80. The number of rotatable bonds is 2. The molecule has 2 fully saturated rings. The molecule has 0 aliphatic carbocycles. The van der Waals surface area contributed by atoms with E-state index in [0.29, 0.717) is 0 Å². The maximum Gasteiger partial charge on any atom is 0.168 e. The third-order valence-electron chi connectivity index (χ3n) is 3.47. The van der Waals surface area contributed by atoms with E-state index in [9.17, 15) is 4.79 Å². The highest BCUT2D eigenvalue weighted by atomic mass is 35.5. The van der Waals surface area contributed by atoms with Crippen molar-refractivity contribution in [3.63, 3.8) is 0 Å². The van der Waals surface area contributed by atoms with Crippen LogP contribution < -0.4 is 0 Å². The Morgan fingerprint density at radius 3 is 2.65 bits per heavy atom. The van der Waals surface area contributed by atoms with Crippen molar-refractivity contribution >= 4 is 29.1 Å². The van der Waals surface area contributed by atoms with Gasteiger partial charge in [0, 0.05) is 10.8 Å². The first-order valence-electron chi connectivity index (χ1n) is 5.73. The highest BCUT2D eigenvalue weighted by molar-refractivity contribution is 8.00. The van der Waals surface area contributed by atoms with Gasteiger partial charge in [-0.2, -0.15) is 0 Å². The summed E-state index contributed by atoms with van der Waals surface area (Å²) < 4.78 is 5.69. The Hall–Kier alpha value is -0.510. The summed E-state index contributed by atoms with van der Waals surface area (Å²) >= 11 is 8.04. The van der Waals surface area contributed by atoms with Gasteiger partial charge in [0.05, 0.1) is 16.7 Å². The van der Waals surface area contributed by atoms with Gasteiger partial charge in [-0.05, 0) is 12.1 Å². The average molecular weight is 269 g/mol. The van der Waals surface area contributed by atoms with Gasteiger partial charge in [-0.3, -0.25) is 4.79 Å². The Morgan fingerprint density at radius 2 is 2.00 bits per heavy atom. The molecule has 5 atom stereocenters. The van der Waals surface area contributed by atoms with E-state index in [1.165, 1.54) is 0 Å². The summed E-state index contributed by atoms with van der Waals surface area (Å²) in [5.41, 5.74) is 0. The van der Waals surface area contributed by atoms with Gasteiger partial charge in [0.1, 0.15) is 6.10 Å². The molecular formula is C13H13ClO2S. The number of carbonyl (C=O) groups excluding carboxylic acids is 1. The molecule has 4 heteroatoms. The molecule has 0 unspecified atom stereocenters. The van der Waals surface area contributed by atoms with Crippen molar-refractivity contribution in [3.8, 4) is 0 Å². The number of ketones is 1. The van der Waals surface area contributed by atoms with E-state index in [1.807, 2.05) is 37.3 Å². The third-order valence-corrected chi connectivity index (χ3v) is 5.49. The number of carbonyl (C=O) groups is 1. The van der Waals surface area contributed by atoms with Crippen molar-refractivity contribution < 1.29 is 9.53 Å². The van der Waals surface area contributed by atoms with E-state index in [0.717, 1.165) is 4.90 Å². The Bertz CT molecular complexity index is 436. The van der Waals surface area contributed by atoms with Crippen LogP contribution in [0.1, 0.15) is 6.92 Å². The monoisotopic (exact) mass is 268 g/mol. The van der Waals surface area contributed by atoms with Gasteiger partial charge >= 0.3 is 0 Å². The van der Waals surface area contributed by atoms with Crippen LogP contribution in [-0.4, -0.2) is 28.6 Å². The number of benzene rings is 1. The Morgan fingerprint density at radius 1 is 1.29 bits per heavy atom. The number of alkyl halides is 1. The fraction of sp³-hybridized carbons (Fsp3) is 0.462. The van der Waals surface area contributed by atoms with E-state index in [-0.39, 0.29) is 34.5 Å². The predicted octanol–water partition coefficient (Wildman–Crippen LogP) is 2.74. The van der Waals surface area contributed by atoms with Crippen LogP contribution in [0, 0.1) is 5.92 Å². The van der Waals surface area contributed by atoms with Gasteiger partial charge in [0.25, 0.3) is 0 Å². The van der Waals surface area contributed by atoms with Crippen molar-refractivity contribution in [2.45, 2.75) is 34.7 Å². The highest BCUT2D eigenvalue weighted by Gasteiger charge is 2.57. The Balaban J connectivity index is 1.80. The molecule has 3 rings (SSSR count). The van der Waals surface area contributed by atoms with Crippen LogP contribution in [0.5, 0.6) is 0 Å². The van der Waals surface area contributed by atoms with Crippen LogP contribution in [0.25, 0.3) is 0 Å². The van der Waals surface area contributed by atoms with Crippen molar-refractivity contribution in [1.29, 1.82) is 0 Å². The molecule has 2 nitrogen and oxygen atoms in total. The van der Waals surface area contributed by atoms with Gasteiger partial charge in [-0.25, -0.2) is 0 Å². The standard InChI is InChI=1S/C13H13ClO2S/c1-7-10(15)12-13(9(14)11(7)16-12)17-8-5-3-2-4-6-8/h2-7,9,11-13H,1H3/t7-,9+,11-,12+,13-/m1/s1. The lowest BCUT2D eigenvalue weighted by Gasteiger charge is -2.25.